The first-order chi connectivity index (χ1) is 9.47. The molecule has 6 nitrogen and oxygen atoms in total. The third kappa shape index (κ3) is 4.28. The molecule has 20 heavy (non-hydrogen) atoms. The van der Waals surface area contributed by atoms with Crippen LogP contribution in [0.3, 0.4) is 0 Å². The van der Waals surface area contributed by atoms with Crippen molar-refractivity contribution in [1.82, 2.24) is 5.32 Å². The molecule has 1 rings (SSSR count). The molecule has 1 unspecified atom stereocenters. The van der Waals surface area contributed by atoms with Crippen molar-refractivity contribution >= 4 is 17.6 Å². The second kappa shape index (κ2) is 7.14. The highest BCUT2D eigenvalue weighted by Gasteiger charge is 2.19. The highest BCUT2D eigenvalue weighted by Crippen LogP contribution is 2.16. The first-order valence-corrected chi connectivity index (χ1v) is 6.07. The Morgan fingerprint density at radius 3 is 2.70 bits per heavy atom. The minimum atomic E-state index is -0.775. The zero-order valence-corrected chi connectivity index (χ0v) is 11.7. The van der Waals surface area contributed by atoms with Crippen LogP contribution in [0.2, 0.25) is 0 Å². The molecule has 106 valence electrons. The lowest BCUT2D eigenvalue weighted by atomic mass is 10.1. The first-order valence-electron chi connectivity index (χ1n) is 6.07. The summed E-state index contributed by atoms with van der Waals surface area (Å²) in [6, 6.07) is 6.49. The van der Waals surface area contributed by atoms with E-state index in [1.54, 1.807) is 12.1 Å². The van der Waals surface area contributed by atoms with Gasteiger partial charge in [0.25, 0.3) is 0 Å². The van der Waals surface area contributed by atoms with Crippen molar-refractivity contribution in [3.05, 3.63) is 29.3 Å². The molecule has 0 aromatic heterocycles. The molecule has 0 aliphatic heterocycles. The Balaban J connectivity index is 2.79. The summed E-state index contributed by atoms with van der Waals surface area (Å²) in [5.74, 6) is -0.841. The Morgan fingerprint density at radius 2 is 2.15 bits per heavy atom. The molecule has 1 atom stereocenters. The van der Waals surface area contributed by atoms with Crippen molar-refractivity contribution in [1.29, 1.82) is 5.26 Å². The average Bonchev–Trinajstić information content (AvgIpc) is 2.43. The van der Waals surface area contributed by atoms with Gasteiger partial charge in [-0.2, -0.15) is 5.26 Å². The third-order valence-corrected chi connectivity index (χ3v) is 2.73. The Hall–Kier alpha value is -2.55. The molecule has 6 heteroatoms. The highest BCUT2D eigenvalue weighted by atomic mass is 16.5. The van der Waals surface area contributed by atoms with Crippen molar-refractivity contribution in [3.8, 4) is 6.07 Å². The molecule has 0 aliphatic carbocycles. The molecule has 0 saturated heterocycles. The van der Waals surface area contributed by atoms with Crippen LogP contribution < -0.4 is 10.6 Å². The number of carbonyl (C=O) groups excluding carboxylic acids is 2. The van der Waals surface area contributed by atoms with E-state index in [1.807, 2.05) is 19.1 Å². The lowest BCUT2D eigenvalue weighted by Crippen LogP contribution is -2.45. The van der Waals surface area contributed by atoms with Crippen LogP contribution in [-0.4, -0.2) is 31.6 Å². The number of nitriles is 1. The number of amides is 1. The van der Waals surface area contributed by atoms with Crippen molar-refractivity contribution in [2.45, 2.75) is 19.9 Å². The summed E-state index contributed by atoms with van der Waals surface area (Å²) in [6.45, 7) is 3.40. The van der Waals surface area contributed by atoms with E-state index in [9.17, 15) is 9.59 Å². The summed E-state index contributed by atoms with van der Waals surface area (Å²) < 4.78 is 4.63. The predicted octanol–water partition coefficient (Wildman–Crippen LogP) is 0.956. The summed E-state index contributed by atoms with van der Waals surface area (Å²) in [5, 5.41) is 14.4. The van der Waals surface area contributed by atoms with Crippen LogP contribution in [0.1, 0.15) is 18.1 Å². The zero-order valence-electron chi connectivity index (χ0n) is 11.7. The molecule has 1 amide bonds. The molecule has 0 saturated carbocycles. The number of aryl methyl sites for hydroxylation is 1. The van der Waals surface area contributed by atoms with E-state index in [4.69, 9.17) is 5.26 Å². The second-order valence-electron chi connectivity index (χ2n) is 4.30. The van der Waals surface area contributed by atoms with E-state index < -0.39 is 12.0 Å². The number of ether oxygens (including phenoxy) is 1. The second-order valence-corrected chi connectivity index (χ2v) is 4.30. The van der Waals surface area contributed by atoms with E-state index in [2.05, 4.69) is 15.4 Å². The fourth-order valence-corrected chi connectivity index (χ4v) is 1.67. The van der Waals surface area contributed by atoms with Crippen LogP contribution in [0.15, 0.2) is 18.2 Å². The number of benzene rings is 1. The molecular weight excluding hydrogens is 258 g/mol. The van der Waals surface area contributed by atoms with Gasteiger partial charge in [0.2, 0.25) is 5.91 Å². The monoisotopic (exact) mass is 275 g/mol. The SMILES string of the molecule is COC(=O)C(CNc1cc(C#N)ccc1C)NC(C)=O. The minimum absolute atomic E-state index is 0.183. The predicted molar refractivity (Wildman–Crippen MR) is 74.0 cm³/mol. The van der Waals surface area contributed by atoms with E-state index in [0.717, 1.165) is 11.3 Å². The quantitative estimate of drug-likeness (QED) is 0.781. The normalized spacial score (nSPS) is 11.1. The number of hydrogen-bond acceptors (Lipinski definition) is 5. The smallest absolute Gasteiger partial charge is 0.330 e. The van der Waals surface area contributed by atoms with Gasteiger partial charge in [0.1, 0.15) is 6.04 Å². The summed E-state index contributed by atoms with van der Waals surface area (Å²) in [4.78, 5) is 22.6. The van der Waals surface area contributed by atoms with Gasteiger partial charge in [-0.15, -0.1) is 0 Å². The molecule has 0 aliphatic rings. The molecule has 0 radical (unpaired) electrons. The number of carbonyl (C=O) groups is 2. The number of methoxy groups -OCH3 is 1. The van der Waals surface area contributed by atoms with Gasteiger partial charge in [-0.25, -0.2) is 4.79 Å². The molecule has 0 heterocycles. The van der Waals surface area contributed by atoms with Gasteiger partial charge >= 0.3 is 5.97 Å². The Bertz CT molecular complexity index is 549. The Labute approximate surface area is 117 Å². The topological polar surface area (TPSA) is 91.2 Å². The van der Waals surface area contributed by atoms with E-state index in [0.29, 0.717) is 5.56 Å². The number of nitrogens with zero attached hydrogens (tertiary/aromatic N) is 1. The molecule has 0 spiro atoms. The fraction of sp³-hybridized carbons (Fsp3) is 0.357. The van der Waals surface area contributed by atoms with Crippen molar-refractivity contribution < 1.29 is 14.3 Å². The molecule has 0 fully saturated rings. The molecular formula is C14H17N3O3. The van der Waals surface area contributed by atoms with E-state index >= 15 is 0 Å². The van der Waals surface area contributed by atoms with Crippen molar-refractivity contribution in [2.24, 2.45) is 0 Å². The fourth-order valence-electron chi connectivity index (χ4n) is 1.67. The highest BCUT2D eigenvalue weighted by molar-refractivity contribution is 5.83. The van der Waals surface area contributed by atoms with Crippen LogP contribution in [0.4, 0.5) is 5.69 Å². The van der Waals surface area contributed by atoms with Crippen molar-refractivity contribution in [2.75, 3.05) is 19.0 Å². The summed E-state index contributed by atoms with van der Waals surface area (Å²) in [5.41, 5.74) is 2.20. The van der Waals surface area contributed by atoms with Gasteiger partial charge in [-0.05, 0) is 24.6 Å². The lowest BCUT2D eigenvalue weighted by Gasteiger charge is -2.17. The van der Waals surface area contributed by atoms with Gasteiger partial charge in [-0.1, -0.05) is 6.07 Å². The van der Waals surface area contributed by atoms with Crippen LogP contribution in [0, 0.1) is 18.3 Å². The van der Waals surface area contributed by atoms with Gasteiger partial charge in [-0.3, -0.25) is 4.79 Å². The van der Waals surface area contributed by atoms with E-state index in [-0.39, 0.29) is 12.5 Å². The largest absolute Gasteiger partial charge is 0.467 e. The Kier molecular flexibility index (Phi) is 5.54. The summed E-state index contributed by atoms with van der Waals surface area (Å²) in [6.07, 6.45) is 0. The lowest BCUT2D eigenvalue weighted by molar-refractivity contribution is -0.144. The van der Waals surface area contributed by atoms with Crippen LogP contribution in [0.25, 0.3) is 0 Å². The molecule has 1 aromatic carbocycles. The average molecular weight is 275 g/mol. The maximum absolute atomic E-state index is 11.5. The summed E-state index contributed by atoms with van der Waals surface area (Å²) in [7, 11) is 1.26. The van der Waals surface area contributed by atoms with Gasteiger partial charge in [0.05, 0.1) is 18.7 Å². The van der Waals surface area contributed by atoms with Crippen LogP contribution >= 0.6 is 0 Å². The van der Waals surface area contributed by atoms with E-state index in [1.165, 1.54) is 14.0 Å². The van der Waals surface area contributed by atoms with Crippen LogP contribution in [0.5, 0.6) is 0 Å². The standard InChI is InChI=1S/C14H17N3O3/c1-9-4-5-11(7-15)6-12(9)16-8-13(14(19)20-3)17-10(2)18/h4-6,13,16H,8H2,1-3H3,(H,17,18). The number of rotatable bonds is 5. The summed E-state index contributed by atoms with van der Waals surface area (Å²) >= 11 is 0. The number of nitrogens with one attached hydrogen (secondary N) is 2. The van der Waals surface area contributed by atoms with Gasteiger partial charge in [0, 0.05) is 19.2 Å². The number of hydrogen-bond donors (Lipinski definition) is 2. The van der Waals surface area contributed by atoms with Gasteiger partial charge in [0.15, 0.2) is 0 Å². The first kappa shape index (κ1) is 15.5. The Morgan fingerprint density at radius 1 is 1.45 bits per heavy atom. The number of anilines is 1. The van der Waals surface area contributed by atoms with Crippen molar-refractivity contribution in [3.63, 3.8) is 0 Å². The zero-order chi connectivity index (χ0) is 15.1. The molecule has 1 aromatic rings. The molecule has 2 N–H and O–H groups in total. The third-order valence-electron chi connectivity index (χ3n) is 2.73. The maximum Gasteiger partial charge on any atom is 0.330 e. The number of esters is 1. The molecule has 0 bridgehead atoms. The van der Waals surface area contributed by atoms with Gasteiger partial charge < -0.3 is 15.4 Å². The maximum atomic E-state index is 11.5. The van der Waals surface area contributed by atoms with Crippen LogP contribution in [-0.2, 0) is 14.3 Å². The minimum Gasteiger partial charge on any atom is -0.467 e.